The fourth-order valence-electron chi connectivity index (χ4n) is 3.58. The molecule has 1 aromatic rings. The van der Waals surface area contributed by atoms with E-state index in [0.717, 1.165) is 32.5 Å². The van der Waals surface area contributed by atoms with E-state index < -0.39 is 0 Å². The van der Waals surface area contributed by atoms with Crippen LogP contribution in [0.3, 0.4) is 0 Å². The topological polar surface area (TPSA) is 78.9 Å². The normalized spacial score (nSPS) is 25.4. The maximum absolute atomic E-state index is 12.2. The van der Waals surface area contributed by atoms with Crippen LogP contribution in [0.2, 0.25) is 0 Å². The van der Waals surface area contributed by atoms with Crippen LogP contribution < -0.4 is 5.32 Å². The molecule has 1 amide bonds. The second-order valence-corrected chi connectivity index (χ2v) is 6.78. The van der Waals surface area contributed by atoms with Gasteiger partial charge >= 0.3 is 0 Å². The summed E-state index contributed by atoms with van der Waals surface area (Å²) in [4.78, 5) is 23.0. The number of fused-ring (bicyclic) bond motifs is 1. The molecule has 2 aliphatic rings. The molecule has 6 heteroatoms. The van der Waals surface area contributed by atoms with Gasteiger partial charge in [0.2, 0.25) is 5.91 Å². The molecular formula is C19H28N2O4. The SMILES string of the molecule is Cc1ccccc1CCC(=O)N[C@H]1C[C@H]2CO[C@H](C)CN2C1.O=CO. The molecule has 2 saturated heterocycles. The van der Waals surface area contributed by atoms with Gasteiger partial charge in [-0.05, 0) is 37.8 Å². The van der Waals surface area contributed by atoms with Crippen molar-refractivity contribution in [2.24, 2.45) is 0 Å². The Morgan fingerprint density at radius 1 is 1.40 bits per heavy atom. The average Bonchev–Trinajstić information content (AvgIpc) is 2.96. The first-order valence-electron chi connectivity index (χ1n) is 8.80. The zero-order valence-corrected chi connectivity index (χ0v) is 15.0. The number of benzene rings is 1. The van der Waals surface area contributed by atoms with Crippen LogP contribution in [0, 0.1) is 6.92 Å². The number of rotatable bonds is 4. The molecule has 1 aromatic carbocycles. The Kier molecular flexibility index (Phi) is 7.40. The van der Waals surface area contributed by atoms with Crippen molar-refractivity contribution in [3.8, 4) is 0 Å². The minimum atomic E-state index is -0.250. The number of hydrogen-bond acceptors (Lipinski definition) is 4. The molecule has 2 aliphatic heterocycles. The Labute approximate surface area is 149 Å². The Hall–Kier alpha value is -1.92. The monoisotopic (exact) mass is 348 g/mol. The van der Waals surface area contributed by atoms with E-state index in [0.29, 0.717) is 18.6 Å². The first-order valence-corrected chi connectivity index (χ1v) is 8.80. The van der Waals surface area contributed by atoms with Gasteiger partial charge in [-0.15, -0.1) is 0 Å². The van der Waals surface area contributed by atoms with Crippen molar-refractivity contribution >= 4 is 12.4 Å². The van der Waals surface area contributed by atoms with Gasteiger partial charge in [-0.25, -0.2) is 0 Å². The Balaban J connectivity index is 0.000000701. The fourth-order valence-corrected chi connectivity index (χ4v) is 3.58. The van der Waals surface area contributed by atoms with Gasteiger partial charge in [0.05, 0.1) is 12.7 Å². The van der Waals surface area contributed by atoms with E-state index in [1.54, 1.807) is 0 Å². The summed E-state index contributed by atoms with van der Waals surface area (Å²) < 4.78 is 5.71. The van der Waals surface area contributed by atoms with Gasteiger partial charge < -0.3 is 15.2 Å². The van der Waals surface area contributed by atoms with Crippen LogP contribution >= 0.6 is 0 Å². The van der Waals surface area contributed by atoms with Crippen LogP contribution in [0.1, 0.15) is 30.9 Å². The molecule has 3 rings (SSSR count). The van der Waals surface area contributed by atoms with Crippen molar-refractivity contribution in [2.75, 3.05) is 19.7 Å². The quantitative estimate of drug-likeness (QED) is 0.808. The number of carbonyl (C=O) groups is 2. The van der Waals surface area contributed by atoms with E-state index in [1.165, 1.54) is 11.1 Å². The molecule has 2 N–H and O–H groups in total. The van der Waals surface area contributed by atoms with E-state index in [2.05, 4.69) is 36.2 Å². The summed E-state index contributed by atoms with van der Waals surface area (Å²) in [6.07, 6.45) is 2.71. The molecule has 0 unspecified atom stereocenters. The second-order valence-electron chi connectivity index (χ2n) is 6.78. The van der Waals surface area contributed by atoms with Gasteiger partial charge in [0.1, 0.15) is 0 Å². The number of carbonyl (C=O) groups excluding carboxylic acids is 1. The summed E-state index contributed by atoms with van der Waals surface area (Å²) in [6.45, 7) is 6.72. The van der Waals surface area contributed by atoms with Gasteiger partial charge in [-0.3, -0.25) is 14.5 Å². The molecule has 138 valence electrons. The number of morpholine rings is 1. The second kappa shape index (κ2) is 9.53. The first-order chi connectivity index (χ1) is 12.0. The largest absolute Gasteiger partial charge is 0.483 e. The predicted octanol–water partition coefficient (Wildman–Crippen LogP) is 1.61. The van der Waals surface area contributed by atoms with E-state index >= 15 is 0 Å². The summed E-state index contributed by atoms with van der Waals surface area (Å²) in [5.41, 5.74) is 2.53. The highest BCUT2D eigenvalue weighted by Gasteiger charge is 2.36. The Morgan fingerprint density at radius 3 is 2.84 bits per heavy atom. The Bertz CT molecular complexity index is 578. The van der Waals surface area contributed by atoms with Crippen molar-refractivity contribution in [1.29, 1.82) is 0 Å². The summed E-state index contributed by atoms with van der Waals surface area (Å²) in [7, 11) is 0. The molecule has 2 fully saturated rings. The fraction of sp³-hybridized carbons (Fsp3) is 0.579. The van der Waals surface area contributed by atoms with Gasteiger partial charge in [0.25, 0.3) is 6.47 Å². The first kappa shape index (κ1) is 19.4. The van der Waals surface area contributed by atoms with Crippen LogP contribution in [0.5, 0.6) is 0 Å². The lowest BCUT2D eigenvalue weighted by Gasteiger charge is -2.33. The third-order valence-corrected chi connectivity index (χ3v) is 4.84. The zero-order valence-electron chi connectivity index (χ0n) is 15.0. The number of amides is 1. The third kappa shape index (κ3) is 5.83. The highest BCUT2D eigenvalue weighted by molar-refractivity contribution is 5.76. The molecule has 3 atom stereocenters. The highest BCUT2D eigenvalue weighted by Crippen LogP contribution is 2.23. The lowest BCUT2D eigenvalue weighted by atomic mass is 10.0. The number of hydrogen-bond donors (Lipinski definition) is 2. The molecule has 6 nitrogen and oxygen atoms in total. The maximum atomic E-state index is 12.2. The Morgan fingerprint density at radius 2 is 2.12 bits per heavy atom. The van der Waals surface area contributed by atoms with E-state index in [1.807, 2.05) is 12.1 Å². The molecule has 0 spiro atoms. The standard InChI is InChI=1S/C18H26N2O2.CH2O2/c1-13-5-3-4-6-15(13)7-8-18(21)19-16-9-17-12-22-14(2)10-20(17)11-16;2-1-3/h3-6,14,16-17H,7-12H2,1-2H3,(H,19,21);1H,(H,2,3)/t14-,16+,17+;/m1./s1. The van der Waals surface area contributed by atoms with E-state index in [4.69, 9.17) is 14.6 Å². The van der Waals surface area contributed by atoms with Crippen molar-refractivity contribution in [1.82, 2.24) is 10.2 Å². The van der Waals surface area contributed by atoms with Crippen LogP contribution in [0.25, 0.3) is 0 Å². The average molecular weight is 348 g/mol. The predicted molar refractivity (Wildman–Crippen MR) is 95.5 cm³/mol. The molecule has 0 bridgehead atoms. The van der Waals surface area contributed by atoms with E-state index in [-0.39, 0.29) is 18.4 Å². The van der Waals surface area contributed by atoms with Gasteiger partial charge in [-0.1, -0.05) is 24.3 Å². The third-order valence-electron chi connectivity index (χ3n) is 4.84. The maximum Gasteiger partial charge on any atom is 0.290 e. The lowest BCUT2D eigenvalue weighted by molar-refractivity contribution is -0.123. The minimum absolute atomic E-state index is 0.169. The molecular weight excluding hydrogens is 320 g/mol. The molecule has 0 saturated carbocycles. The molecule has 25 heavy (non-hydrogen) atoms. The van der Waals surface area contributed by atoms with Crippen LogP contribution in [-0.4, -0.2) is 60.3 Å². The number of ether oxygens (including phenoxy) is 1. The number of aryl methyl sites for hydroxylation is 2. The van der Waals surface area contributed by atoms with Crippen molar-refractivity contribution in [3.05, 3.63) is 35.4 Å². The van der Waals surface area contributed by atoms with E-state index in [9.17, 15) is 4.79 Å². The molecule has 2 heterocycles. The van der Waals surface area contributed by atoms with Crippen LogP contribution in [0.15, 0.2) is 24.3 Å². The highest BCUT2D eigenvalue weighted by atomic mass is 16.5. The summed E-state index contributed by atoms with van der Waals surface area (Å²) in [5, 5.41) is 10.1. The van der Waals surface area contributed by atoms with Crippen molar-refractivity contribution in [2.45, 2.75) is 51.3 Å². The minimum Gasteiger partial charge on any atom is -0.483 e. The van der Waals surface area contributed by atoms with Crippen LogP contribution in [-0.2, 0) is 20.7 Å². The summed E-state index contributed by atoms with van der Waals surface area (Å²) >= 11 is 0. The van der Waals surface area contributed by atoms with Crippen LogP contribution in [0.4, 0.5) is 0 Å². The number of nitrogens with one attached hydrogen (secondary N) is 1. The summed E-state index contributed by atoms with van der Waals surface area (Å²) in [5.74, 6) is 0.169. The number of nitrogens with zero attached hydrogens (tertiary/aromatic N) is 1. The molecule has 0 aliphatic carbocycles. The zero-order chi connectivity index (χ0) is 18.2. The van der Waals surface area contributed by atoms with Crippen molar-refractivity contribution in [3.63, 3.8) is 0 Å². The van der Waals surface area contributed by atoms with Gasteiger partial charge in [-0.2, -0.15) is 0 Å². The molecule has 0 radical (unpaired) electrons. The van der Waals surface area contributed by atoms with Gasteiger partial charge in [0, 0.05) is 31.6 Å². The number of carboxylic acid groups (broad SMARTS) is 1. The van der Waals surface area contributed by atoms with Gasteiger partial charge in [0.15, 0.2) is 0 Å². The summed E-state index contributed by atoms with van der Waals surface area (Å²) in [6, 6.07) is 9.05. The molecule has 0 aromatic heterocycles. The lowest BCUT2D eigenvalue weighted by Crippen LogP contribution is -2.45. The smallest absolute Gasteiger partial charge is 0.290 e. The van der Waals surface area contributed by atoms with Crippen molar-refractivity contribution < 1.29 is 19.4 Å².